The Morgan fingerprint density at radius 1 is 1.38 bits per heavy atom. The molecular weight excluding hydrogens is 309 g/mol. The first-order valence-electron chi connectivity index (χ1n) is 7.84. The molecule has 2 rings (SSSR count). The molecule has 0 saturated carbocycles. The lowest BCUT2D eigenvalue weighted by molar-refractivity contribution is 0.626. The fourth-order valence-electron chi connectivity index (χ4n) is 2.23. The molecule has 0 aliphatic heterocycles. The summed E-state index contributed by atoms with van der Waals surface area (Å²) >= 11 is 0. The second-order valence-electron chi connectivity index (χ2n) is 5.41. The van der Waals surface area contributed by atoms with Gasteiger partial charge in [0, 0.05) is 39.9 Å². The molecule has 1 heterocycles. The summed E-state index contributed by atoms with van der Waals surface area (Å²) in [5.74, 6) is 1.33. The van der Waals surface area contributed by atoms with Crippen molar-refractivity contribution < 1.29 is 4.39 Å². The molecule has 0 unspecified atom stereocenters. The number of aliphatic imine (C=N–C) groups is 1. The monoisotopic (exact) mass is 333 g/mol. The van der Waals surface area contributed by atoms with Crippen molar-refractivity contribution in [3.8, 4) is 0 Å². The van der Waals surface area contributed by atoms with Crippen LogP contribution in [0.2, 0.25) is 0 Å². The number of halogens is 1. The summed E-state index contributed by atoms with van der Waals surface area (Å²) in [5, 5.41) is 10.5. The van der Waals surface area contributed by atoms with E-state index in [0.29, 0.717) is 12.5 Å². The maximum absolute atomic E-state index is 13.2. The average molecular weight is 333 g/mol. The van der Waals surface area contributed by atoms with E-state index >= 15 is 0 Å². The van der Waals surface area contributed by atoms with Crippen LogP contribution in [0.5, 0.6) is 0 Å². The second kappa shape index (κ2) is 8.85. The normalized spacial score (nSPS) is 11.4. The van der Waals surface area contributed by atoms with Gasteiger partial charge in [-0.2, -0.15) is 5.10 Å². The van der Waals surface area contributed by atoms with Crippen molar-refractivity contribution in [1.29, 1.82) is 0 Å². The summed E-state index contributed by atoms with van der Waals surface area (Å²) in [4.78, 5) is 10.4. The van der Waals surface area contributed by atoms with E-state index in [9.17, 15) is 4.39 Å². The molecule has 24 heavy (non-hydrogen) atoms. The fraction of sp³-hybridized carbons (Fsp3) is 0.438. The number of guanidine groups is 1. The number of hydrogen-bond acceptors (Lipinski definition) is 4. The molecule has 0 radical (unpaired) electrons. The summed E-state index contributed by atoms with van der Waals surface area (Å²) in [7, 11) is 5.53. The molecule has 2 aromatic rings. The average Bonchev–Trinajstić information content (AvgIpc) is 2.99. The van der Waals surface area contributed by atoms with Gasteiger partial charge in [-0.05, 0) is 24.6 Å². The van der Waals surface area contributed by atoms with Crippen molar-refractivity contribution >= 4 is 11.6 Å². The van der Waals surface area contributed by atoms with Gasteiger partial charge >= 0.3 is 0 Å². The topological polar surface area (TPSA) is 70.4 Å². The van der Waals surface area contributed by atoms with Crippen LogP contribution in [-0.2, 0) is 13.6 Å². The lowest BCUT2D eigenvalue weighted by Gasteiger charge is -2.19. The zero-order valence-corrected chi connectivity index (χ0v) is 14.3. The number of benzene rings is 1. The molecule has 0 atom stereocenters. The van der Waals surface area contributed by atoms with Gasteiger partial charge in [0.2, 0.25) is 0 Å². The quantitative estimate of drug-likeness (QED) is 0.452. The molecular formula is C16H24FN7. The summed E-state index contributed by atoms with van der Waals surface area (Å²) in [5.41, 5.74) is 0.875. The molecule has 0 bridgehead atoms. The first-order valence-corrected chi connectivity index (χ1v) is 7.84. The molecule has 8 heteroatoms. The molecule has 7 nitrogen and oxygen atoms in total. The summed E-state index contributed by atoms with van der Waals surface area (Å²) in [6.45, 7) is 2.13. The van der Waals surface area contributed by atoms with Crippen LogP contribution in [-0.4, -0.2) is 47.9 Å². The Morgan fingerprint density at radius 3 is 2.88 bits per heavy atom. The van der Waals surface area contributed by atoms with Crippen LogP contribution in [0.4, 0.5) is 10.1 Å². The summed E-state index contributed by atoms with van der Waals surface area (Å²) < 4.78 is 14.9. The lowest BCUT2D eigenvalue weighted by atomic mass is 10.2. The van der Waals surface area contributed by atoms with Crippen LogP contribution in [0.25, 0.3) is 0 Å². The zero-order valence-electron chi connectivity index (χ0n) is 14.3. The van der Waals surface area contributed by atoms with Crippen LogP contribution >= 0.6 is 0 Å². The third-order valence-corrected chi connectivity index (χ3v) is 3.65. The number of nitrogens with zero attached hydrogens (tertiary/aromatic N) is 5. The van der Waals surface area contributed by atoms with Crippen LogP contribution in [0.15, 0.2) is 35.6 Å². The third-order valence-electron chi connectivity index (χ3n) is 3.65. The number of aryl methyl sites for hydroxylation is 1. The van der Waals surface area contributed by atoms with Crippen molar-refractivity contribution in [2.75, 3.05) is 32.1 Å². The van der Waals surface area contributed by atoms with Gasteiger partial charge in [0.05, 0.1) is 6.54 Å². The number of rotatable bonds is 7. The Kier molecular flexibility index (Phi) is 6.53. The maximum atomic E-state index is 13.2. The van der Waals surface area contributed by atoms with E-state index in [0.717, 1.165) is 31.0 Å². The first kappa shape index (κ1) is 17.7. The Hall–Kier alpha value is -2.64. The molecule has 0 spiro atoms. The standard InChI is InChI=1S/C16H24FN7/c1-18-16(20-11-15-21-12-22-24(15)3)19-8-5-9-23(2)14-7-4-6-13(17)10-14/h4,6-7,10,12H,5,8-9,11H2,1-3H3,(H2,18,19,20). The molecule has 0 aliphatic rings. The van der Waals surface area contributed by atoms with Gasteiger partial charge in [0.25, 0.3) is 0 Å². The number of anilines is 1. The van der Waals surface area contributed by atoms with E-state index in [2.05, 4.69) is 25.7 Å². The van der Waals surface area contributed by atoms with E-state index in [4.69, 9.17) is 0 Å². The van der Waals surface area contributed by atoms with E-state index in [1.165, 1.54) is 18.5 Å². The van der Waals surface area contributed by atoms with E-state index < -0.39 is 0 Å². The molecule has 0 fully saturated rings. The van der Waals surface area contributed by atoms with Crippen molar-refractivity contribution in [2.45, 2.75) is 13.0 Å². The highest BCUT2D eigenvalue weighted by molar-refractivity contribution is 5.79. The van der Waals surface area contributed by atoms with Gasteiger partial charge in [-0.15, -0.1) is 0 Å². The molecule has 2 N–H and O–H groups in total. The number of hydrogen-bond donors (Lipinski definition) is 2. The number of nitrogens with one attached hydrogen (secondary N) is 2. The van der Waals surface area contributed by atoms with Crippen LogP contribution < -0.4 is 15.5 Å². The highest BCUT2D eigenvalue weighted by Crippen LogP contribution is 2.13. The molecule has 1 aromatic carbocycles. The van der Waals surface area contributed by atoms with Crippen molar-refractivity contribution in [3.05, 3.63) is 42.2 Å². The van der Waals surface area contributed by atoms with Crippen LogP contribution in [0.1, 0.15) is 12.2 Å². The smallest absolute Gasteiger partial charge is 0.191 e. The van der Waals surface area contributed by atoms with E-state index in [-0.39, 0.29) is 5.82 Å². The van der Waals surface area contributed by atoms with Crippen molar-refractivity contribution in [1.82, 2.24) is 25.4 Å². The zero-order chi connectivity index (χ0) is 17.4. The predicted molar refractivity (Wildman–Crippen MR) is 93.5 cm³/mol. The van der Waals surface area contributed by atoms with Gasteiger partial charge < -0.3 is 15.5 Å². The van der Waals surface area contributed by atoms with Gasteiger partial charge in [-0.1, -0.05) is 6.07 Å². The molecule has 0 aliphatic carbocycles. The summed E-state index contributed by atoms with van der Waals surface area (Å²) in [6.07, 6.45) is 2.42. The van der Waals surface area contributed by atoms with Gasteiger partial charge in [0.15, 0.2) is 5.96 Å². The Bertz CT molecular complexity index is 668. The SMILES string of the molecule is CN=C(NCCCN(C)c1cccc(F)c1)NCc1ncnn1C. The minimum atomic E-state index is -0.217. The van der Waals surface area contributed by atoms with Gasteiger partial charge in [0.1, 0.15) is 18.0 Å². The highest BCUT2D eigenvalue weighted by Gasteiger charge is 2.04. The lowest BCUT2D eigenvalue weighted by Crippen LogP contribution is -2.38. The van der Waals surface area contributed by atoms with Crippen molar-refractivity contribution in [3.63, 3.8) is 0 Å². The Balaban J connectivity index is 1.69. The second-order valence-corrected chi connectivity index (χ2v) is 5.41. The van der Waals surface area contributed by atoms with Gasteiger partial charge in [-0.25, -0.2) is 9.37 Å². The van der Waals surface area contributed by atoms with Crippen LogP contribution in [0, 0.1) is 5.82 Å². The summed E-state index contributed by atoms with van der Waals surface area (Å²) in [6, 6.07) is 6.61. The molecule has 1 aromatic heterocycles. The molecule has 0 saturated heterocycles. The molecule has 0 amide bonds. The number of aromatic nitrogens is 3. The maximum Gasteiger partial charge on any atom is 0.191 e. The Labute approximate surface area is 141 Å². The van der Waals surface area contributed by atoms with Crippen molar-refractivity contribution in [2.24, 2.45) is 12.0 Å². The minimum absolute atomic E-state index is 0.217. The van der Waals surface area contributed by atoms with Crippen LogP contribution in [0.3, 0.4) is 0 Å². The highest BCUT2D eigenvalue weighted by atomic mass is 19.1. The fourth-order valence-corrected chi connectivity index (χ4v) is 2.23. The Morgan fingerprint density at radius 2 is 2.21 bits per heavy atom. The van der Waals surface area contributed by atoms with E-state index in [1.807, 2.05) is 25.1 Å². The molecule has 130 valence electrons. The third kappa shape index (κ3) is 5.22. The largest absolute Gasteiger partial charge is 0.374 e. The van der Waals surface area contributed by atoms with Gasteiger partial charge in [-0.3, -0.25) is 9.67 Å². The predicted octanol–water partition coefficient (Wildman–Crippen LogP) is 1.15. The first-order chi connectivity index (χ1) is 11.6. The minimum Gasteiger partial charge on any atom is -0.374 e. The van der Waals surface area contributed by atoms with E-state index in [1.54, 1.807) is 17.8 Å².